The Morgan fingerprint density at radius 1 is 0.842 bits per heavy atom. The molecule has 0 bridgehead atoms. The van der Waals surface area contributed by atoms with Crippen LogP contribution < -0.4 is 5.32 Å². The first-order valence-electron chi connectivity index (χ1n) is 11.7. The molecular formula is C30H24F3NO4. The molecule has 0 spiro atoms. The number of nitrogens with one attached hydrogen (secondary N) is 1. The van der Waals surface area contributed by atoms with E-state index in [1.54, 1.807) is 12.1 Å². The summed E-state index contributed by atoms with van der Waals surface area (Å²) in [7, 11) is 1.23. The molecule has 0 fully saturated rings. The second-order valence-electron chi connectivity index (χ2n) is 8.57. The Morgan fingerprint density at radius 2 is 1.45 bits per heavy atom. The number of halogens is 3. The molecule has 1 amide bonds. The van der Waals surface area contributed by atoms with Gasteiger partial charge in [-0.2, -0.15) is 13.2 Å². The number of phenolic OH excluding ortho intramolecular Hbond substituents is 1. The molecule has 194 valence electrons. The molecule has 4 aromatic rings. The molecule has 38 heavy (non-hydrogen) atoms. The summed E-state index contributed by atoms with van der Waals surface area (Å²) in [5.74, 6) is -1.73. The van der Waals surface area contributed by atoms with Gasteiger partial charge in [-0.3, -0.25) is 9.59 Å². The number of amides is 1. The van der Waals surface area contributed by atoms with Crippen molar-refractivity contribution in [1.29, 1.82) is 0 Å². The second-order valence-corrected chi connectivity index (χ2v) is 8.57. The van der Waals surface area contributed by atoms with Gasteiger partial charge in [0, 0.05) is 0 Å². The van der Waals surface area contributed by atoms with Gasteiger partial charge in [0.25, 0.3) is 5.91 Å². The summed E-state index contributed by atoms with van der Waals surface area (Å²) < 4.78 is 45.4. The van der Waals surface area contributed by atoms with Gasteiger partial charge in [0.15, 0.2) is 0 Å². The average Bonchev–Trinajstić information content (AvgIpc) is 2.93. The van der Waals surface area contributed by atoms with Crippen molar-refractivity contribution in [1.82, 2.24) is 5.32 Å². The number of benzene rings is 4. The van der Waals surface area contributed by atoms with Gasteiger partial charge in [0.2, 0.25) is 0 Å². The predicted octanol–water partition coefficient (Wildman–Crippen LogP) is 6.78. The van der Waals surface area contributed by atoms with Gasteiger partial charge < -0.3 is 15.2 Å². The van der Waals surface area contributed by atoms with Crippen molar-refractivity contribution in [3.63, 3.8) is 0 Å². The molecule has 0 aromatic heterocycles. The average molecular weight is 520 g/mol. The molecule has 0 aliphatic rings. The van der Waals surface area contributed by atoms with Crippen LogP contribution in [0, 0.1) is 0 Å². The first kappa shape index (κ1) is 26.5. The maximum Gasteiger partial charge on any atom is 0.417 e. The number of aromatic hydroxyl groups is 1. The van der Waals surface area contributed by atoms with Crippen molar-refractivity contribution in [3.8, 4) is 28.0 Å². The third-order valence-corrected chi connectivity index (χ3v) is 6.11. The quantitative estimate of drug-likeness (QED) is 0.264. The van der Waals surface area contributed by atoms with Crippen LogP contribution in [-0.4, -0.2) is 24.1 Å². The van der Waals surface area contributed by atoms with E-state index >= 15 is 0 Å². The van der Waals surface area contributed by atoms with Gasteiger partial charge in [-0.05, 0) is 46.0 Å². The molecule has 1 atom stereocenters. The Kier molecular flexibility index (Phi) is 7.81. The number of esters is 1. The van der Waals surface area contributed by atoms with Crippen LogP contribution in [0.4, 0.5) is 13.2 Å². The van der Waals surface area contributed by atoms with Crippen molar-refractivity contribution >= 4 is 11.9 Å². The van der Waals surface area contributed by atoms with E-state index < -0.39 is 35.4 Å². The van der Waals surface area contributed by atoms with Crippen LogP contribution in [0.1, 0.15) is 33.9 Å². The van der Waals surface area contributed by atoms with Crippen molar-refractivity contribution in [2.24, 2.45) is 0 Å². The number of carbonyl (C=O) groups is 2. The van der Waals surface area contributed by atoms with E-state index in [0.29, 0.717) is 5.56 Å². The summed E-state index contributed by atoms with van der Waals surface area (Å²) in [4.78, 5) is 25.3. The minimum Gasteiger partial charge on any atom is -0.507 e. The zero-order valence-electron chi connectivity index (χ0n) is 20.3. The zero-order valence-corrected chi connectivity index (χ0v) is 20.3. The lowest BCUT2D eigenvalue weighted by atomic mass is 9.96. The first-order chi connectivity index (χ1) is 18.2. The van der Waals surface area contributed by atoms with Gasteiger partial charge in [0.05, 0.1) is 30.7 Å². The lowest BCUT2D eigenvalue weighted by Crippen LogP contribution is -2.30. The standard InChI is InChI=1S/C30H24F3NO4/c1-38-28(36)18-26(21-13-11-20(12-14-21)19-7-3-2-4-8-19)34-29(37)24-17-22(15-16-27(24)35)23-9-5-6-10-25(23)30(31,32)33/h2-17,26,35H,18H2,1H3,(H,34,37). The molecule has 8 heteroatoms. The number of hydrogen-bond donors (Lipinski definition) is 2. The molecule has 0 aliphatic heterocycles. The highest BCUT2D eigenvalue weighted by molar-refractivity contribution is 5.98. The largest absolute Gasteiger partial charge is 0.507 e. The number of carbonyl (C=O) groups excluding carboxylic acids is 2. The number of rotatable bonds is 7. The Balaban J connectivity index is 1.64. The van der Waals surface area contributed by atoms with Crippen molar-refractivity contribution in [3.05, 3.63) is 114 Å². The summed E-state index contributed by atoms with van der Waals surface area (Å²) in [5, 5.41) is 13.1. The first-order valence-corrected chi connectivity index (χ1v) is 11.7. The fourth-order valence-corrected chi connectivity index (χ4v) is 4.14. The van der Waals surface area contributed by atoms with E-state index in [2.05, 4.69) is 5.32 Å². The third kappa shape index (κ3) is 6.03. The van der Waals surface area contributed by atoms with E-state index in [1.165, 1.54) is 43.5 Å². The van der Waals surface area contributed by atoms with Gasteiger partial charge in [-0.1, -0.05) is 78.9 Å². The number of alkyl halides is 3. The smallest absolute Gasteiger partial charge is 0.417 e. The number of methoxy groups -OCH3 is 1. The van der Waals surface area contributed by atoms with E-state index in [4.69, 9.17) is 4.74 Å². The third-order valence-electron chi connectivity index (χ3n) is 6.11. The summed E-state index contributed by atoms with van der Waals surface area (Å²) in [6, 6.07) is 24.7. The van der Waals surface area contributed by atoms with E-state index in [0.717, 1.165) is 17.2 Å². The molecule has 0 aliphatic carbocycles. The molecule has 2 N–H and O–H groups in total. The Labute approximate surface area is 217 Å². The highest BCUT2D eigenvalue weighted by atomic mass is 19.4. The molecule has 0 heterocycles. The minimum absolute atomic E-state index is 0.109. The zero-order chi connectivity index (χ0) is 27.3. The van der Waals surface area contributed by atoms with Crippen LogP contribution >= 0.6 is 0 Å². The summed E-state index contributed by atoms with van der Waals surface area (Å²) >= 11 is 0. The Hall–Kier alpha value is -4.59. The van der Waals surface area contributed by atoms with Crippen LogP contribution in [0.25, 0.3) is 22.3 Å². The molecule has 5 nitrogen and oxygen atoms in total. The van der Waals surface area contributed by atoms with E-state index in [-0.39, 0.29) is 23.1 Å². The van der Waals surface area contributed by atoms with Crippen LogP contribution in [-0.2, 0) is 15.7 Å². The maximum atomic E-state index is 13.6. The Morgan fingerprint density at radius 3 is 2.11 bits per heavy atom. The molecule has 4 rings (SSSR count). The van der Waals surface area contributed by atoms with Crippen molar-refractivity contribution in [2.75, 3.05) is 7.11 Å². The van der Waals surface area contributed by atoms with Crippen molar-refractivity contribution < 1.29 is 32.6 Å². The molecular weight excluding hydrogens is 495 g/mol. The van der Waals surface area contributed by atoms with Crippen LogP contribution in [0.3, 0.4) is 0 Å². The lowest BCUT2D eigenvalue weighted by molar-refractivity contribution is -0.141. The SMILES string of the molecule is COC(=O)CC(NC(=O)c1cc(-c2ccccc2C(F)(F)F)ccc1O)c1ccc(-c2ccccc2)cc1. The summed E-state index contributed by atoms with van der Waals surface area (Å²) in [5.41, 5.74) is 1.43. The second kappa shape index (κ2) is 11.2. The Bertz CT molecular complexity index is 1430. The van der Waals surface area contributed by atoms with Crippen LogP contribution in [0.15, 0.2) is 97.1 Å². The van der Waals surface area contributed by atoms with E-state index in [9.17, 15) is 27.9 Å². The summed E-state index contributed by atoms with van der Waals surface area (Å²) in [6.07, 6.45) is -4.79. The minimum atomic E-state index is -4.60. The molecule has 0 radical (unpaired) electrons. The highest BCUT2D eigenvalue weighted by Crippen LogP contribution is 2.38. The van der Waals surface area contributed by atoms with Gasteiger partial charge in [-0.25, -0.2) is 0 Å². The van der Waals surface area contributed by atoms with E-state index in [1.807, 2.05) is 42.5 Å². The highest BCUT2D eigenvalue weighted by Gasteiger charge is 2.33. The van der Waals surface area contributed by atoms with Gasteiger partial charge in [0.1, 0.15) is 5.75 Å². The monoisotopic (exact) mass is 519 g/mol. The molecule has 0 saturated heterocycles. The van der Waals surface area contributed by atoms with Gasteiger partial charge >= 0.3 is 12.1 Å². The maximum absolute atomic E-state index is 13.6. The van der Waals surface area contributed by atoms with Crippen molar-refractivity contribution in [2.45, 2.75) is 18.6 Å². The molecule has 0 saturated carbocycles. The fraction of sp³-hybridized carbons (Fsp3) is 0.133. The molecule has 1 unspecified atom stereocenters. The summed E-state index contributed by atoms with van der Waals surface area (Å²) in [6.45, 7) is 0. The number of phenols is 1. The molecule has 4 aromatic carbocycles. The fourth-order valence-electron chi connectivity index (χ4n) is 4.14. The van der Waals surface area contributed by atoms with Crippen LogP contribution in [0.2, 0.25) is 0 Å². The lowest BCUT2D eigenvalue weighted by Gasteiger charge is -2.20. The number of hydrogen-bond acceptors (Lipinski definition) is 4. The predicted molar refractivity (Wildman–Crippen MR) is 137 cm³/mol. The normalized spacial score (nSPS) is 12.0. The van der Waals surface area contributed by atoms with Crippen LogP contribution in [0.5, 0.6) is 5.75 Å². The number of ether oxygens (including phenoxy) is 1. The van der Waals surface area contributed by atoms with Gasteiger partial charge in [-0.15, -0.1) is 0 Å². The topological polar surface area (TPSA) is 75.6 Å².